The summed E-state index contributed by atoms with van der Waals surface area (Å²) in [5.41, 5.74) is 2.64. The van der Waals surface area contributed by atoms with Gasteiger partial charge in [0.1, 0.15) is 5.78 Å². The van der Waals surface area contributed by atoms with Crippen LogP contribution in [0.3, 0.4) is 0 Å². The highest BCUT2D eigenvalue weighted by Gasteiger charge is 2.24. The number of allylic oxidation sites excluding steroid dienone is 1. The van der Waals surface area contributed by atoms with Gasteiger partial charge in [-0.1, -0.05) is 42.0 Å². The first-order chi connectivity index (χ1) is 10.6. The van der Waals surface area contributed by atoms with Gasteiger partial charge in [-0.3, -0.25) is 4.79 Å². The highest BCUT2D eigenvalue weighted by atomic mass is 16.3. The van der Waals surface area contributed by atoms with E-state index < -0.39 is 6.10 Å². The molecule has 0 radical (unpaired) electrons. The normalized spacial score (nSPS) is 20.9. The van der Waals surface area contributed by atoms with E-state index >= 15 is 0 Å². The molecule has 1 saturated carbocycles. The van der Waals surface area contributed by atoms with Gasteiger partial charge in [0.15, 0.2) is 0 Å². The zero-order chi connectivity index (χ0) is 15.8. The summed E-state index contributed by atoms with van der Waals surface area (Å²) in [6.45, 7) is 2.09. The number of hydrogen-bond acceptors (Lipinski definition) is 2. The average molecular weight is 300 g/mol. The highest BCUT2D eigenvalue weighted by molar-refractivity contribution is 5.79. The number of benzene rings is 1. The van der Waals surface area contributed by atoms with E-state index in [0.29, 0.717) is 18.6 Å². The number of aliphatic hydroxyl groups excluding tert-OH is 1. The fraction of sp³-hybridized carbons (Fsp3) is 0.550. The number of aryl methyl sites for hydroxylation is 1. The van der Waals surface area contributed by atoms with Gasteiger partial charge in [0.05, 0.1) is 6.10 Å². The number of ketones is 1. The fourth-order valence-corrected chi connectivity index (χ4v) is 3.24. The Labute approximate surface area is 134 Å². The lowest BCUT2D eigenvalue weighted by Crippen LogP contribution is -2.25. The third kappa shape index (κ3) is 5.76. The lowest BCUT2D eigenvalue weighted by molar-refractivity contribution is -0.122. The van der Waals surface area contributed by atoms with Gasteiger partial charge in [0.25, 0.3) is 0 Å². The maximum atomic E-state index is 11.5. The lowest BCUT2D eigenvalue weighted by atomic mass is 9.84. The Morgan fingerprint density at radius 3 is 2.82 bits per heavy atom. The molecule has 0 aliphatic heterocycles. The summed E-state index contributed by atoms with van der Waals surface area (Å²) in [4.78, 5) is 11.5. The van der Waals surface area contributed by atoms with Crippen molar-refractivity contribution < 1.29 is 9.90 Å². The van der Waals surface area contributed by atoms with Crippen LogP contribution in [0.1, 0.15) is 57.4 Å². The maximum Gasteiger partial charge on any atom is 0.133 e. The molecule has 0 aromatic heterocycles. The number of rotatable bonds is 7. The molecule has 1 N–H and O–H groups in total. The van der Waals surface area contributed by atoms with Crippen LogP contribution in [0.15, 0.2) is 42.0 Å². The first kappa shape index (κ1) is 17.0. The molecule has 0 bridgehead atoms. The van der Waals surface area contributed by atoms with Crippen molar-refractivity contribution in [2.45, 2.75) is 64.4 Å². The van der Waals surface area contributed by atoms with Gasteiger partial charge in [-0.25, -0.2) is 0 Å². The summed E-state index contributed by atoms with van der Waals surface area (Å²) in [5, 5.41) is 10.3. The third-order valence-electron chi connectivity index (χ3n) is 4.59. The molecule has 1 aromatic carbocycles. The Hall–Kier alpha value is -1.41. The average Bonchev–Trinajstić information content (AvgIpc) is 2.52. The number of unbranched alkanes of at least 4 members (excludes halogenated alkanes) is 1. The zero-order valence-electron chi connectivity index (χ0n) is 13.6. The third-order valence-corrected chi connectivity index (χ3v) is 4.59. The molecule has 2 heteroatoms. The van der Waals surface area contributed by atoms with Crippen LogP contribution in [0.2, 0.25) is 0 Å². The zero-order valence-corrected chi connectivity index (χ0v) is 13.6. The van der Waals surface area contributed by atoms with Crippen molar-refractivity contribution in [2.24, 2.45) is 5.92 Å². The molecule has 22 heavy (non-hydrogen) atoms. The van der Waals surface area contributed by atoms with Crippen LogP contribution >= 0.6 is 0 Å². The smallest absolute Gasteiger partial charge is 0.133 e. The van der Waals surface area contributed by atoms with Crippen LogP contribution in [-0.4, -0.2) is 17.0 Å². The maximum absolute atomic E-state index is 11.5. The number of hydrogen-bond donors (Lipinski definition) is 1. The SMILES string of the molecule is C/C(=C\[C@H](O)[C@H]1CCCC(=O)C1)CCCCc1ccccc1. The van der Waals surface area contributed by atoms with E-state index in [1.54, 1.807) is 0 Å². The molecule has 1 aromatic rings. The first-order valence-electron chi connectivity index (χ1n) is 8.56. The molecule has 120 valence electrons. The summed E-state index contributed by atoms with van der Waals surface area (Å²) in [6.07, 6.45) is 9.17. The van der Waals surface area contributed by atoms with Crippen LogP contribution < -0.4 is 0 Å². The van der Waals surface area contributed by atoms with E-state index in [4.69, 9.17) is 0 Å². The molecule has 0 unspecified atom stereocenters. The Balaban J connectivity index is 1.69. The predicted molar refractivity (Wildman–Crippen MR) is 90.7 cm³/mol. The summed E-state index contributed by atoms with van der Waals surface area (Å²) in [5.74, 6) is 0.449. The molecule has 0 saturated heterocycles. The molecular weight excluding hydrogens is 272 g/mol. The second-order valence-electron chi connectivity index (χ2n) is 6.59. The quantitative estimate of drug-likeness (QED) is 0.596. The minimum absolute atomic E-state index is 0.139. The van der Waals surface area contributed by atoms with Crippen molar-refractivity contribution in [1.29, 1.82) is 0 Å². The van der Waals surface area contributed by atoms with E-state index in [-0.39, 0.29) is 5.92 Å². The van der Waals surface area contributed by atoms with Gasteiger partial charge in [0.2, 0.25) is 0 Å². The van der Waals surface area contributed by atoms with Gasteiger partial charge in [-0.05, 0) is 56.9 Å². The minimum Gasteiger partial charge on any atom is -0.389 e. The van der Waals surface area contributed by atoms with E-state index in [0.717, 1.165) is 32.1 Å². The van der Waals surface area contributed by atoms with E-state index in [1.807, 2.05) is 12.1 Å². The minimum atomic E-state index is -0.446. The molecular formula is C20H28O2. The highest BCUT2D eigenvalue weighted by Crippen LogP contribution is 2.26. The topological polar surface area (TPSA) is 37.3 Å². The number of carbonyl (C=O) groups is 1. The molecule has 1 aliphatic carbocycles. The lowest BCUT2D eigenvalue weighted by Gasteiger charge is -2.24. The summed E-state index contributed by atoms with van der Waals surface area (Å²) >= 11 is 0. The number of carbonyl (C=O) groups excluding carboxylic acids is 1. The van der Waals surface area contributed by atoms with Crippen molar-refractivity contribution in [3.8, 4) is 0 Å². The van der Waals surface area contributed by atoms with Crippen molar-refractivity contribution in [1.82, 2.24) is 0 Å². The molecule has 1 fully saturated rings. The van der Waals surface area contributed by atoms with E-state index in [2.05, 4.69) is 31.2 Å². The first-order valence-corrected chi connectivity index (χ1v) is 8.56. The monoisotopic (exact) mass is 300 g/mol. The van der Waals surface area contributed by atoms with E-state index in [9.17, 15) is 9.90 Å². The van der Waals surface area contributed by atoms with Gasteiger partial charge >= 0.3 is 0 Å². The second kappa shape index (κ2) is 8.89. The van der Waals surface area contributed by atoms with Crippen molar-refractivity contribution in [3.05, 3.63) is 47.5 Å². The van der Waals surface area contributed by atoms with Gasteiger partial charge in [-0.2, -0.15) is 0 Å². The Kier molecular flexibility index (Phi) is 6.85. The molecule has 0 amide bonds. The Bertz CT molecular complexity index is 490. The van der Waals surface area contributed by atoms with Crippen LogP contribution in [-0.2, 0) is 11.2 Å². The molecule has 1 aliphatic rings. The van der Waals surface area contributed by atoms with Gasteiger partial charge in [0, 0.05) is 12.8 Å². The van der Waals surface area contributed by atoms with Crippen LogP contribution in [0.5, 0.6) is 0 Å². The molecule has 0 heterocycles. The summed E-state index contributed by atoms with van der Waals surface area (Å²) in [6, 6.07) is 10.6. The molecule has 2 atom stereocenters. The summed E-state index contributed by atoms with van der Waals surface area (Å²) in [7, 11) is 0. The van der Waals surface area contributed by atoms with Crippen LogP contribution in [0, 0.1) is 5.92 Å². The van der Waals surface area contributed by atoms with Crippen molar-refractivity contribution in [2.75, 3.05) is 0 Å². The van der Waals surface area contributed by atoms with Gasteiger partial charge < -0.3 is 5.11 Å². The molecule has 2 rings (SSSR count). The number of Topliss-reactive ketones (excluding diaryl/α,β-unsaturated/α-hetero) is 1. The standard InChI is InChI=1S/C20H28O2/c1-16(8-5-6-11-17-9-3-2-4-10-17)14-20(22)18-12-7-13-19(21)15-18/h2-4,9-10,14,18,20,22H,5-8,11-13,15H2,1H3/b16-14+/t18-,20-/m0/s1. The Morgan fingerprint density at radius 2 is 2.09 bits per heavy atom. The second-order valence-corrected chi connectivity index (χ2v) is 6.59. The van der Waals surface area contributed by atoms with Gasteiger partial charge in [-0.15, -0.1) is 0 Å². The van der Waals surface area contributed by atoms with Crippen LogP contribution in [0.4, 0.5) is 0 Å². The summed E-state index contributed by atoms with van der Waals surface area (Å²) < 4.78 is 0. The largest absolute Gasteiger partial charge is 0.389 e. The van der Waals surface area contributed by atoms with Crippen molar-refractivity contribution >= 4 is 5.78 Å². The van der Waals surface area contributed by atoms with Crippen molar-refractivity contribution in [3.63, 3.8) is 0 Å². The predicted octanol–water partition coefficient (Wildman–Crippen LogP) is 4.47. The van der Waals surface area contributed by atoms with E-state index in [1.165, 1.54) is 17.6 Å². The molecule has 0 spiro atoms. The van der Waals surface area contributed by atoms with Crippen LogP contribution in [0.25, 0.3) is 0 Å². The fourth-order valence-electron chi connectivity index (χ4n) is 3.24. The number of aliphatic hydroxyl groups is 1. The Morgan fingerprint density at radius 1 is 1.32 bits per heavy atom. The molecule has 2 nitrogen and oxygen atoms in total.